The summed E-state index contributed by atoms with van der Waals surface area (Å²) >= 11 is 0. The van der Waals surface area contributed by atoms with Crippen LogP contribution in [-0.4, -0.2) is 14.1 Å². The van der Waals surface area contributed by atoms with E-state index in [9.17, 15) is 0 Å². The molecule has 0 N–H and O–H groups in total. The number of rotatable bonds is 4. The van der Waals surface area contributed by atoms with Crippen molar-refractivity contribution in [2.45, 2.75) is 0 Å². The van der Waals surface area contributed by atoms with Crippen LogP contribution in [0.5, 0.6) is 0 Å². The Bertz CT molecular complexity index is 2470. The van der Waals surface area contributed by atoms with Crippen LogP contribution < -0.4 is 0 Å². The van der Waals surface area contributed by atoms with Crippen molar-refractivity contribution in [2.75, 3.05) is 0 Å². The molecule has 0 aliphatic heterocycles. The number of nitrogens with zero attached hydrogens (tertiary/aromatic N) is 3. The van der Waals surface area contributed by atoms with Crippen molar-refractivity contribution in [3.8, 4) is 33.6 Å². The highest BCUT2D eigenvalue weighted by Crippen LogP contribution is 2.38. The van der Waals surface area contributed by atoms with Crippen molar-refractivity contribution in [3.63, 3.8) is 0 Å². The monoisotopic (exact) mass is 561 g/mol. The summed E-state index contributed by atoms with van der Waals surface area (Å²) in [5, 5.41) is 4.87. The van der Waals surface area contributed by atoms with Crippen molar-refractivity contribution < 1.29 is 0 Å². The smallest absolute Gasteiger partial charge is 0.145 e. The maximum atomic E-state index is 4.85. The standard InChI is InChI=1S/C41H27N3/c1-3-10-28(11-4-1)29-17-21-33(22-18-29)44-39-24-20-30(26-37(39)36-15-9-25-42-41(36)44)31-19-23-35-34-14-7-8-16-38(34)43(40(35)27-31)32-12-5-2-6-13-32/h1-27H. The normalized spacial score (nSPS) is 11.6. The first-order valence-electron chi connectivity index (χ1n) is 15.0. The lowest BCUT2D eigenvalue weighted by atomic mass is 10.0. The predicted octanol–water partition coefficient (Wildman–Crippen LogP) is 10.6. The molecular weight excluding hydrogens is 534 g/mol. The predicted molar refractivity (Wildman–Crippen MR) is 184 cm³/mol. The number of hydrogen-bond donors (Lipinski definition) is 0. The van der Waals surface area contributed by atoms with Crippen LogP contribution >= 0.6 is 0 Å². The molecule has 9 aromatic rings. The highest BCUT2D eigenvalue weighted by Gasteiger charge is 2.16. The number of pyridine rings is 1. The van der Waals surface area contributed by atoms with Gasteiger partial charge in [0.15, 0.2) is 0 Å². The molecule has 0 fully saturated rings. The van der Waals surface area contributed by atoms with E-state index in [-0.39, 0.29) is 0 Å². The zero-order valence-corrected chi connectivity index (χ0v) is 23.9. The number of benzene rings is 6. The van der Waals surface area contributed by atoms with E-state index in [2.05, 4.69) is 161 Å². The maximum Gasteiger partial charge on any atom is 0.145 e. The lowest BCUT2D eigenvalue weighted by molar-refractivity contribution is 1.14. The first-order valence-corrected chi connectivity index (χ1v) is 15.0. The van der Waals surface area contributed by atoms with E-state index < -0.39 is 0 Å². The van der Waals surface area contributed by atoms with Gasteiger partial charge in [-0.25, -0.2) is 4.98 Å². The van der Waals surface area contributed by atoms with Crippen molar-refractivity contribution in [2.24, 2.45) is 0 Å². The second-order valence-electron chi connectivity index (χ2n) is 11.3. The third-order valence-corrected chi connectivity index (χ3v) is 8.78. The third kappa shape index (κ3) is 3.80. The largest absolute Gasteiger partial charge is 0.309 e. The van der Waals surface area contributed by atoms with Gasteiger partial charge in [-0.1, -0.05) is 97.1 Å². The summed E-state index contributed by atoms with van der Waals surface area (Å²) in [6.45, 7) is 0. The van der Waals surface area contributed by atoms with Crippen LogP contribution in [0.3, 0.4) is 0 Å². The fourth-order valence-corrected chi connectivity index (χ4v) is 6.73. The Morgan fingerprint density at radius 2 is 0.932 bits per heavy atom. The summed E-state index contributed by atoms with van der Waals surface area (Å²) in [5.74, 6) is 0. The van der Waals surface area contributed by atoms with Gasteiger partial charge in [-0.15, -0.1) is 0 Å². The van der Waals surface area contributed by atoms with Gasteiger partial charge < -0.3 is 4.57 Å². The highest BCUT2D eigenvalue weighted by molar-refractivity contribution is 6.11. The molecule has 0 aliphatic carbocycles. The molecule has 206 valence electrons. The molecule has 0 amide bonds. The molecule has 3 heteroatoms. The Balaban J connectivity index is 1.21. The van der Waals surface area contributed by atoms with E-state index in [0.717, 1.165) is 22.2 Å². The van der Waals surface area contributed by atoms with Crippen LogP contribution in [0.4, 0.5) is 0 Å². The number of hydrogen-bond acceptors (Lipinski definition) is 1. The van der Waals surface area contributed by atoms with Gasteiger partial charge in [0.2, 0.25) is 0 Å². The lowest BCUT2D eigenvalue weighted by Crippen LogP contribution is -1.95. The molecule has 0 aliphatic rings. The molecule has 0 atom stereocenters. The fourth-order valence-electron chi connectivity index (χ4n) is 6.73. The van der Waals surface area contributed by atoms with Gasteiger partial charge in [-0.05, 0) is 82.9 Å². The molecular formula is C41H27N3. The molecule has 0 saturated heterocycles. The third-order valence-electron chi connectivity index (χ3n) is 8.78. The van der Waals surface area contributed by atoms with E-state index in [4.69, 9.17) is 4.98 Å². The topological polar surface area (TPSA) is 22.8 Å². The SMILES string of the molecule is c1ccc(-c2ccc(-n3c4ccc(-c5ccc6c7ccccc7n(-c7ccccc7)c6c5)cc4c4cccnc43)cc2)cc1. The van der Waals surface area contributed by atoms with Gasteiger partial charge in [0.05, 0.1) is 16.6 Å². The molecule has 3 nitrogen and oxygen atoms in total. The molecule has 0 radical (unpaired) electrons. The second kappa shape index (κ2) is 9.82. The Morgan fingerprint density at radius 3 is 1.77 bits per heavy atom. The molecule has 0 spiro atoms. The van der Waals surface area contributed by atoms with Gasteiger partial charge >= 0.3 is 0 Å². The summed E-state index contributed by atoms with van der Waals surface area (Å²) in [4.78, 5) is 4.85. The number of fused-ring (bicyclic) bond motifs is 6. The molecule has 0 saturated carbocycles. The van der Waals surface area contributed by atoms with Gasteiger partial charge in [0, 0.05) is 39.1 Å². The number of para-hydroxylation sites is 2. The molecule has 0 unspecified atom stereocenters. The quantitative estimate of drug-likeness (QED) is 0.210. The van der Waals surface area contributed by atoms with Crippen molar-refractivity contribution in [1.82, 2.24) is 14.1 Å². The van der Waals surface area contributed by atoms with Crippen molar-refractivity contribution in [1.29, 1.82) is 0 Å². The Kier molecular flexibility index (Phi) is 5.50. The Hall–Kier alpha value is -5.93. The van der Waals surface area contributed by atoms with Gasteiger partial charge in [-0.3, -0.25) is 4.57 Å². The van der Waals surface area contributed by atoms with E-state index in [1.807, 2.05) is 12.3 Å². The minimum absolute atomic E-state index is 0.965. The average molecular weight is 562 g/mol. The summed E-state index contributed by atoms with van der Waals surface area (Å²) in [7, 11) is 0. The first-order chi connectivity index (χ1) is 21.8. The van der Waals surface area contributed by atoms with Gasteiger partial charge in [-0.2, -0.15) is 0 Å². The highest BCUT2D eigenvalue weighted by atomic mass is 15.0. The maximum absolute atomic E-state index is 4.85. The lowest BCUT2D eigenvalue weighted by Gasteiger charge is -2.10. The van der Waals surface area contributed by atoms with E-state index >= 15 is 0 Å². The average Bonchev–Trinajstić information content (AvgIpc) is 3.61. The minimum atomic E-state index is 0.965. The summed E-state index contributed by atoms with van der Waals surface area (Å²) in [6.07, 6.45) is 1.88. The van der Waals surface area contributed by atoms with Crippen LogP contribution in [0.15, 0.2) is 164 Å². The minimum Gasteiger partial charge on any atom is -0.309 e. The van der Waals surface area contributed by atoms with E-state index in [1.165, 1.54) is 55.1 Å². The van der Waals surface area contributed by atoms with Crippen LogP contribution in [0, 0.1) is 0 Å². The Morgan fingerprint density at radius 1 is 0.341 bits per heavy atom. The summed E-state index contributed by atoms with van der Waals surface area (Å²) in [5.41, 5.74) is 11.6. The molecule has 6 aromatic carbocycles. The van der Waals surface area contributed by atoms with Crippen molar-refractivity contribution in [3.05, 3.63) is 164 Å². The van der Waals surface area contributed by atoms with Crippen LogP contribution in [0.1, 0.15) is 0 Å². The van der Waals surface area contributed by atoms with Gasteiger partial charge in [0.1, 0.15) is 5.65 Å². The molecule has 44 heavy (non-hydrogen) atoms. The zero-order chi connectivity index (χ0) is 29.0. The van der Waals surface area contributed by atoms with E-state index in [1.54, 1.807) is 0 Å². The fraction of sp³-hybridized carbons (Fsp3) is 0. The van der Waals surface area contributed by atoms with Gasteiger partial charge in [0.25, 0.3) is 0 Å². The van der Waals surface area contributed by atoms with Crippen LogP contribution in [-0.2, 0) is 0 Å². The van der Waals surface area contributed by atoms with E-state index in [0.29, 0.717) is 0 Å². The number of aromatic nitrogens is 3. The molecule has 0 bridgehead atoms. The zero-order valence-electron chi connectivity index (χ0n) is 23.9. The van der Waals surface area contributed by atoms with Crippen LogP contribution in [0.25, 0.3) is 77.4 Å². The van der Waals surface area contributed by atoms with Crippen molar-refractivity contribution >= 4 is 43.7 Å². The molecule has 9 rings (SSSR count). The summed E-state index contributed by atoms with van der Waals surface area (Å²) < 4.78 is 4.65. The summed E-state index contributed by atoms with van der Waals surface area (Å²) in [6, 6.07) is 56.5. The molecule has 3 heterocycles. The second-order valence-corrected chi connectivity index (χ2v) is 11.3. The van der Waals surface area contributed by atoms with Crippen LogP contribution in [0.2, 0.25) is 0 Å². The Labute approximate surface area is 254 Å². The first kappa shape index (κ1) is 24.6. The molecule has 3 aromatic heterocycles.